The molecule has 118 valence electrons. The van der Waals surface area contributed by atoms with Crippen molar-refractivity contribution in [1.82, 2.24) is 5.32 Å². The number of nitrogens with one attached hydrogen (secondary N) is 1. The lowest BCUT2D eigenvalue weighted by Crippen LogP contribution is -2.21. The second-order valence-electron chi connectivity index (χ2n) is 5.13. The van der Waals surface area contributed by atoms with Gasteiger partial charge in [-0.2, -0.15) is 0 Å². The number of allylic oxidation sites excluding steroid dienone is 1. The summed E-state index contributed by atoms with van der Waals surface area (Å²) in [5.41, 5.74) is 2.36. The molecule has 0 fully saturated rings. The highest BCUT2D eigenvalue weighted by Gasteiger charge is 2.17. The summed E-state index contributed by atoms with van der Waals surface area (Å²) < 4.78 is 16.2. The quantitative estimate of drug-likeness (QED) is 0.742. The molecule has 0 bridgehead atoms. The minimum absolute atomic E-state index is 0.128. The molecule has 1 aromatic rings. The Kier molecular flexibility index (Phi) is 7.09. The van der Waals surface area contributed by atoms with E-state index in [2.05, 4.69) is 32.2 Å². The van der Waals surface area contributed by atoms with Crippen molar-refractivity contribution < 1.29 is 14.2 Å². The molecular weight excluding hydrogens is 266 g/mol. The molecule has 0 aliphatic rings. The molecule has 4 nitrogen and oxygen atoms in total. The van der Waals surface area contributed by atoms with Gasteiger partial charge in [0.2, 0.25) is 5.75 Å². The van der Waals surface area contributed by atoms with E-state index in [0.717, 1.165) is 18.5 Å². The lowest BCUT2D eigenvalue weighted by atomic mass is 10.0. The van der Waals surface area contributed by atoms with E-state index in [4.69, 9.17) is 14.2 Å². The van der Waals surface area contributed by atoms with Gasteiger partial charge in [-0.1, -0.05) is 18.6 Å². The normalized spacial score (nSPS) is 11.7. The predicted molar refractivity (Wildman–Crippen MR) is 86.6 cm³/mol. The molecular formula is C17H27NO3. The fourth-order valence-corrected chi connectivity index (χ4v) is 2.19. The Morgan fingerprint density at radius 3 is 2.05 bits per heavy atom. The zero-order chi connectivity index (χ0) is 15.8. The van der Waals surface area contributed by atoms with Crippen LogP contribution in [0, 0.1) is 0 Å². The first-order valence-electron chi connectivity index (χ1n) is 7.25. The monoisotopic (exact) mass is 293 g/mol. The maximum atomic E-state index is 5.43. The molecule has 21 heavy (non-hydrogen) atoms. The van der Waals surface area contributed by atoms with Crippen molar-refractivity contribution in [3.63, 3.8) is 0 Å². The molecule has 0 radical (unpaired) electrons. The van der Waals surface area contributed by atoms with Crippen molar-refractivity contribution in [3.8, 4) is 17.2 Å². The Bertz CT molecular complexity index is 454. The van der Waals surface area contributed by atoms with Crippen LogP contribution >= 0.6 is 0 Å². The summed E-state index contributed by atoms with van der Waals surface area (Å²) in [4.78, 5) is 0. The van der Waals surface area contributed by atoms with Crippen LogP contribution in [0.3, 0.4) is 0 Å². The largest absolute Gasteiger partial charge is 0.493 e. The highest BCUT2D eigenvalue weighted by molar-refractivity contribution is 5.54. The number of ether oxygens (including phenoxy) is 3. The molecule has 4 heteroatoms. The van der Waals surface area contributed by atoms with Crippen LogP contribution in [0.15, 0.2) is 23.8 Å². The first kappa shape index (κ1) is 17.4. The van der Waals surface area contributed by atoms with Gasteiger partial charge in [0.05, 0.1) is 27.4 Å². The average Bonchev–Trinajstić information content (AvgIpc) is 2.49. The van der Waals surface area contributed by atoms with Crippen molar-refractivity contribution in [2.45, 2.75) is 33.2 Å². The molecule has 0 saturated carbocycles. The van der Waals surface area contributed by atoms with Gasteiger partial charge in [-0.05, 0) is 44.5 Å². The lowest BCUT2D eigenvalue weighted by molar-refractivity contribution is 0.323. The Morgan fingerprint density at radius 1 is 1.10 bits per heavy atom. The predicted octanol–water partition coefficient (Wildman–Crippen LogP) is 3.72. The zero-order valence-corrected chi connectivity index (χ0v) is 13.9. The first-order valence-corrected chi connectivity index (χ1v) is 7.25. The Labute approximate surface area is 128 Å². The van der Waals surface area contributed by atoms with Gasteiger partial charge in [0.25, 0.3) is 0 Å². The van der Waals surface area contributed by atoms with Crippen LogP contribution in [0.25, 0.3) is 0 Å². The smallest absolute Gasteiger partial charge is 0.203 e. The molecule has 1 atom stereocenters. The number of rotatable bonds is 8. The first-order chi connectivity index (χ1) is 10.1. The van der Waals surface area contributed by atoms with Crippen LogP contribution in [0.1, 0.15) is 38.8 Å². The van der Waals surface area contributed by atoms with E-state index < -0.39 is 0 Å². The second-order valence-corrected chi connectivity index (χ2v) is 5.13. The van der Waals surface area contributed by atoms with Gasteiger partial charge in [-0.15, -0.1) is 0 Å². The van der Waals surface area contributed by atoms with Gasteiger partial charge in [0, 0.05) is 0 Å². The summed E-state index contributed by atoms with van der Waals surface area (Å²) >= 11 is 0. The summed E-state index contributed by atoms with van der Waals surface area (Å²) in [7, 11) is 4.88. The molecule has 1 rings (SSSR count). The molecule has 0 amide bonds. The lowest BCUT2D eigenvalue weighted by Gasteiger charge is -2.20. The van der Waals surface area contributed by atoms with Gasteiger partial charge < -0.3 is 19.5 Å². The Morgan fingerprint density at radius 2 is 1.67 bits per heavy atom. The third-order valence-corrected chi connectivity index (χ3v) is 3.16. The third kappa shape index (κ3) is 4.67. The van der Waals surface area contributed by atoms with Crippen molar-refractivity contribution >= 4 is 0 Å². The summed E-state index contributed by atoms with van der Waals surface area (Å²) in [6, 6.07) is 4.12. The highest BCUT2D eigenvalue weighted by atomic mass is 16.5. The summed E-state index contributed by atoms with van der Waals surface area (Å²) in [6.45, 7) is 7.30. The Hall–Kier alpha value is -1.68. The van der Waals surface area contributed by atoms with E-state index in [1.807, 2.05) is 12.1 Å². The van der Waals surface area contributed by atoms with Gasteiger partial charge in [-0.3, -0.25) is 0 Å². The van der Waals surface area contributed by atoms with E-state index in [-0.39, 0.29) is 6.04 Å². The van der Waals surface area contributed by atoms with Crippen LogP contribution in [-0.2, 0) is 0 Å². The maximum Gasteiger partial charge on any atom is 0.203 e. The molecule has 0 spiro atoms. The van der Waals surface area contributed by atoms with Crippen molar-refractivity contribution in [2.75, 3.05) is 27.9 Å². The molecule has 1 N–H and O–H groups in total. The zero-order valence-electron chi connectivity index (χ0n) is 13.9. The van der Waals surface area contributed by atoms with Crippen LogP contribution in [0.2, 0.25) is 0 Å². The number of methoxy groups -OCH3 is 3. The van der Waals surface area contributed by atoms with Crippen LogP contribution in [0.5, 0.6) is 17.2 Å². The van der Waals surface area contributed by atoms with Gasteiger partial charge in [0.15, 0.2) is 11.5 Å². The molecule has 0 saturated heterocycles. The standard InChI is InChI=1S/C17H27NO3/c1-7-8-18-14(9-12(2)3)13-10-15(19-4)17(21-6)16(11-13)20-5/h9-11,14,18H,7-8H2,1-6H3. The SMILES string of the molecule is CCCNC(C=C(C)C)c1cc(OC)c(OC)c(OC)c1. The molecule has 0 aromatic heterocycles. The Balaban J connectivity index is 3.27. The van der Waals surface area contributed by atoms with Gasteiger partial charge >= 0.3 is 0 Å². The van der Waals surface area contributed by atoms with Crippen molar-refractivity contribution in [2.24, 2.45) is 0 Å². The van der Waals surface area contributed by atoms with E-state index in [9.17, 15) is 0 Å². The van der Waals surface area contributed by atoms with Crippen LogP contribution < -0.4 is 19.5 Å². The highest BCUT2D eigenvalue weighted by Crippen LogP contribution is 2.40. The summed E-state index contributed by atoms with van der Waals surface area (Å²) in [6.07, 6.45) is 3.29. The average molecular weight is 293 g/mol. The number of benzene rings is 1. The van der Waals surface area contributed by atoms with Gasteiger partial charge in [0.1, 0.15) is 0 Å². The van der Waals surface area contributed by atoms with E-state index in [0.29, 0.717) is 17.2 Å². The van der Waals surface area contributed by atoms with E-state index >= 15 is 0 Å². The molecule has 1 unspecified atom stereocenters. The van der Waals surface area contributed by atoms with Crippen LogP contribution in [0.4, 0.5) is 0 Å². The van der Waals surface area contributed by atoms with Gasteiger partial charge in [-0.25, -0.2) is 0 Å². The number of hydrogen-bond donors (Lipinski definition) is 1. The number of hydrogen-bond acceptors (Lipinski definition) is 4. The minimum atomic E-state index is 0.128. The molecule has 1 aromatic carbocycles. The van der Waals surface area contributed by atoms with E-state index in [1.165, 1.54) is 5.57 Å². The third-order valence-electron chi connectivity index (χ3n) is 3.16. The van der Waals surface area contributed by atoms with E-state index in [1.54, 1.807) is 21.3 Å². The topological polar surface area (TPSA) is 39.7 Å². The molecule has 0 heterocycles. The minimum Gasteiger partial charge on any atom is -0.493 e. The van der Waals surface area contributed by atoms with Crippen LogP contribution in [-0.4, -0.2) is 27.9 Å². The summed E-state index contributed by atoms with van der Waals surface area (Å²) in [5.74, 6) is 1.98. The van der Waals surface area contributed by atoms with Crippen molar-refractivity contribution in [3.05, 3.63) is 29.3 Å². The second kappa shape index (κ2) is 8.57. The fraction of sp³-hybridized carbons (Fsp3) is 0.529. The maximum absolute atomic E-state index is 5.43. The van der Waals surface area contributed by atoms with Crippen molar-refractivity contribution in [1.29, 1.82) is 0 Å². The molecule has 0 aliphatic carbocycles. The molecule has 0 aliphatic heterocycles. The summed E-state index contributed by atoms with van der Waals surface area (Å²) in [5, 5.41) is 3.53. The fourth-order valence-electron chi connectivity index (χ4n) is 2.19.